The van der Waals surface area contributed by atoms with Crippen LogP contribution in [-0.4, -0.2) is 29.0 Å². The normalized spacial score (nSPS) is 13.2. The number of rotatable bonds is 4. The fourth-order valence-corrected chi connectivity index (χ4v) is 3.44. The highest BCUT2D eigenvalue weighted by molar-refractivity contribution is 7.98. The Morgan fingerprint density at radius 1 is 1.38 bits per heavy atom. The van der Waals surface area contributed by atoms with Crippen LogP contribution in [0.5, 0.6) is 0 Å². The molecule has 0 amide bonds. The molecule has 5 nitrogen and oxygen atoms in total. The van der Waals surface area contributed by atoms with Crippen molar-refractivity contribution in [3.05, 3.63) is 45.5 Å². The lowest BCUT2D eigenvalue weighted by Crippen LogP contribution is -2.15. The van der Waals surface area contributed by atoms with Crippen LogP contribution in [0.1, 0.15) is 23.2 Å². The number of hydrogen-bond donors (Lipinski definition) is 1. The highest BCUT2D eigenvalue weighted by atomic mass is 32.2. The molecule has 21 heavy (non-hydrogen) atoms. The van der Waals surface area contributed by atoms with E-state index in [2.05, 4.69) is 21.0 Å². The molecule has 0 atom stereocenters. The molecule has 0 unspecified atom stereocenters. The molecule has 3 rings (SSSR count). The van der Waals surface area contributed by atoms with Crippen LogP contribution >= 0.6 is 11.8 Å². The van der Waals surface area contributed by atoms with Crippen LogP contribution in [0.3, 0.4) is 0 Å². The average Bonchev–Trinajstić information content (AvgIpc) is 2.94. The van der Waals surface area contributed by atoms with E-state index in [9.17, 15) is 4.79 Å². The van der Waals surface area contributed by atoms with E-state index in [-0.39, 0.29) is 5.56 Å². The Labute approximate surface area is 127 Å². The second-order valence-corrected chi connectivity index (χ2v) is 6.28. The van der Waals surface area contributed by atoms with Gasteiger partial charge in [0.15, 0.2) is 5.16 Å². The number of fused-ring (bicyclic) bond motifs is 1. The molecule has 2 heterocycles. The maximum atomic E-state index is 12.0. The Morgan fingerprint density at radius 2 is 2.24 bits per heavy atom. The number of aryl methyl sites for hydroxylation is 1. The Bertz CT molecular complexity index is 711. The van der Waals surface area contributed by atoms with Gasteiger partial charge in [-0.15, -0.1) is 0 Å². The van der Waals surface area contributed by atoms with E-state index in [1.165, 1.54) is 0 Å². The van der Waals surface area contributed by atoms with Crippen molar-refractivity contribution in [2.24, 2.45) is 0 Å². The summed E-state index contributed by atoms with van der Waals surface area (Å²) in [5.41, 5.74) is 3.00. The minimum Gasteiger partial charge on any atom is -0.362 e. The predicted octanol–water partition coefficient (Wildman–Crippen LogP) is 2.01. The Balaban J connectivity index is 1.80. The predicted molar refractivity (Wildman–Crippen MR) is 85.0 cm³/mol. The number of aromatic nitrogens is 3. The molecule has 0 radical (unpaired) electrons. The summed E-state index contributed by atoms with van der Waals surface area (Å²) in [6, 6.07) is 3.99. The number of nitrogens with one attached hydrogen (secondary N) is 1. The summed E-state index contributed by atoms with van der Waals surface area (Å²) in [5.74, 6) is 1.69. The van der Waals surface area contributed by atoms with Crippen LogP contribution in [0.25, 0.3) is 0 Å². The molecular formula is C15H18N4OS. The lowest BCUT2D eigenvalue weighted by atomic mass is 10.3. The number of anilines is 1. The summed E-state index contributed by atoms with van der Waals surface area (Å²) < 4.78 is 0. The second kappa shape index (κ2) is 5.89. The summed E-state index contributed by atoms with van der Waals surface area (Å²) in [7, 11) is 3.96. The first-order valence-electron chi connectivity index (χ1n) is 7.01. The molecule has 0 saturated heterocycles. The molecular weight excluding hydrogens is 284 g/mol. The van der Waals surface area contributed by atoms with Crippen LogP contribution in [0.2, 0.25) is 0 Å². The van der Waals surface area contributed by atoms with Crippen molar-refractivity contribution < 1.29 is 0 Å². The van der Waals surface area contributed by atoms with Crippen LogP contribution < -0.4 is 10.5 Å². The average molecular weight is 302 g/mol. The minimum absolute atomic E-state index is 0.0269. The van der Waals surface area contributed by atoms with Gasteiger partial charge in [-0.3, -0.25) is 4.79 Å². The van der Waals surface area contributed by atoms with Gasteiger partial charge in [0.05, 0.1) is 5.69 Å². The number of pyridine rings is 1. The zero-order chi connectivity index (χ0) is 14.8. The zero-order valence-electron chi connectivity index (χ0n) is 12.2. The number of thioether (sulfide) groups is 1. The van der Waals surface area contributed by atoms with E-state index in [0.717, 1.165) is 47.7 Å². The molecule has 1 N–H and O–H groups in total. The lowest BCUT2D eigenvalue weighted by Gasteiger charge is -2.15. The highest BCUT2D eigenvalue weighted by Gasteiger charge is 2.17. The van der Waals surface area contributed by atoms with Gasteiger partial charge >= 0.3 is 0 Å². The first-order chi connectivity index (χ1) is 10.1. The molecule has 0 spiro atoms. The first kappa shape index (κ1) is 14.1. The van der Waals surface area contributed by atoms with Crippen molar-refractivity contribution in [1.29, 1.82) is 0 Å². The summed E-state index contributed by atoms with van der Waals surface area (Å²) in [6.07, 6.45) is 4.60. The van der Waals surface area contributed by atoms with Crippen molar-refractivity contribution in [2.45, 2.75) is 30.2 Å². The Kier molecular flexibility index (Phi) is 3.96. The summed E-state index contributed by atoms with van der Waals surface area (Å²) in [6.45, 7) is 0. The van der Waals surface area contributed by atoms with Gasteiger partial charge in [0.1, 0.15) is 5.82 Å². The molecule has 6 heteroatoms. The molecule has 0 aliphatic heterocycles. The maximum Gasteiger partial charge on any atom is 0.254 e. The van der Waals surface area contributed by atoms with E-state index in [1.54, 1.807) is 18.0 Å². The quantitative estimate of drug-likeness (QED) is 0.691. The van der Waals surface area contributed by atoms with E-state index in [1.807, 2.05) is 25.1 Å². The van der Waals surface area contributed by atoms with Crippen LogP contribution in [0.4, 0.5) is 5.82 Å². The van der Waals surface area contributed by atoms with Crippen molar-refractivity contribution in [2.75, 3.05) is 19.0 Å². The summed E-state index contributed by atoms with van der Waals surface area (Å²) in [5, 5.41) is 0.703. The summed E-state index contributed by atoms with van der Waals surface area (Å²) >= 11 is 1.55. The van der Waals surface area contributed by atoms with E-state index >= 15 is 0 Å². The zero-order valence-corrected chi connectivity index (χ0v) is 13.0. The van der Waals surface area contributed by atoms with Gasteiger partial charge in [0.25, 0.3) is 5.56 Å². The smallest absolute Gasteiger partial charge is 0.254 e. The monoisotopic (exact) mass is 302 g/mol. The molecule has 2 aromatic rings. The van der Waals surface area contributed by atoms with Crippen LogP contribution in [0.15, 0.2) is 28.3 Å². The van der Waals surface area contributed by atoms with Crippen LogP contribution in [-0.2, 0) is 18.6 Å². The van der Waals surface area contributed by atoms with Gasteiger partial charge in [-0.2, -0.15) is 0 Å². The SMILES string of the molecule is CN(C)c1ncccc1CSc1nc2c(c(=O)[nH]1)CCC2. The summed E-state index contributed by atoms with van der Waals surface area (Å²) in [4.78, 5) is 25.8. The Morgan fingerprint density at radius 3 is 3.05 bits per heavy atom. The fraction of sp³-hybridized carbons (Fsp3) is 0.400. The molecule has 1 aliphatic carbocycles. The van der Waals surface area contributed by atoms with E-state index in [4.69, 9.17) is 0 Å². The van der Waals surface area contributed by atoms with Gasteiger partial charge in [0.2, 0.25) is 0 Å². The Hall–Kier alpha value is -1.82. The van der Waals surface area contributed by atoms with Gasteiger partial charge in [0, 0.05) is 37.2 Å². The maximum absolute atomic E-state index is 12.0. The number of aromatic amines is 1. The molecule has 2 aromatic heterocycles. The van der Waals surface area contributed by atoms with E-state index < -0.39 is 0 Å². The van der Waals surface area contributed by atoms with Crippen molar-refractivity contribution >= 4 is 17.6 Å². The molecule has 0 bridgehead atoms. The van der Waals surface area contributed by atoms with Gasteiger partial charge in [-0.1, -0.05) is 17.8 Å². The van der Waals surface area contributed by atoms with E-state index in [0.29, 0.717) is 5.16 Å². The van der Waals surface area contributed by atoms with Gasteiger partial charge < -0.3 is 9.88 Å². The molecule has 0 saturated carbocycles. The second-order valence-electron chi connectivity index (χ2n) is 5.32. The van der Waals surface area contributed by atoms with Crippen LogP contribution in [0, 0.1) is 0 Å². The molecule has 0 aromatic carbocycles. The first-order valence-corrected chi connectivity index (χ1v) is 8.00. The third-order valence-corrected chi connectivity index (χ3v) is 4.50. The highest BCUT2D eigenvalue weighted by Crippen LogP contribution is 2.25. The number of hydrogen-bond acceptors (Lipinski definition) is 5. The number of H-pyrrole nitrogens is 1. The van der Waals surface area contributed by atoms with Crippen molar-refractivity contribution in [1.82, 2.24) is 15.0 Å². The largest absolute Gasteiger partial charge is 0.362 e. The minimum atomic E-state index is 0.0269. The van der Waals surface area contributed by atoms with Crippen molar-refractivity contribution in [3.63, 3.8) is 0 Å². The van der Waals surface area contributed by atoms with Crippen molar-refractivity contribution in [3.8, 4) is 0 Å². The topological polar surface area (TPSA) is 61.9 Å². The van der Waals surface area contributed by atoms with Gasteiger partial charge in [-0.25, -0.2) is 9.97 Å². The molecule has 0 fully saturated rings. The third kappa shape index (κ3) is 2.95. The standard InChI is InChI=1S/C15H18N4OS/c1-19(2)13-10(5-4-8-16-13)9-21-15-17-12-7-3-6-11(12)14(20)18-15/h4-5,8H,3,6-7,9H2,1-2H3,(H,17,18,20). The molecule has 1 aliphatic rings. The van der Waals surface area contributed by atoms with Gasteiger partial charge in [-0.05, 0) is 25.3 Å². The number of nitrogens with zero attached hydrogens (tertiary/aromatic N) is 3. The molecule has 110 valence electrons. The fourth-order valence-electron chi connectivity index (χ4n) is 2.58. The lowest BCUT2D eigenvalue weighted by molar-refractivity contribution is 0.869. The third-order valence-electron chi connectivity index (χ3n) is 3.58.